The highest BCUT2D eigenvalue weighted by Gasteiger charge is 2.28. The zero-order chi connectivity index (χ0) is 14.5. The molecule has 1 aromatic rings. The van der Waals surface area contributed by atoms with E-state index in [1.54, 1.807) is 14.2 Å². The Morgan fingerprint density at radius 1 is 1.20 bits per heavy atom. The van der Waals surface area contributed by atoms with Crippen molar-refractivity contribution >= 4 is 17.2 Å². The molecule has 2 N–H and O–H groups in total. The Balaban J connectivity index is 2.40. The molecule has 0 bridgehead atoms. The highest BCUT2D eigenvalue weighted by molar-refractivity contribution is 7.80. The van der Waals surface area contributed by atoms with Gasteiger partial charge in [-0.1, -0.05) is 30.8 Å². The molecule has 1 atom stereocenters. The second-order valence-electron chi connectivity index (χ2n) is 4.98. The second kappa shape index (κ2) is 6.90. The Morgan fingerprint density at radius 2 is 1.90 bits per heavy atom. The number of nitrogens with two attached hydrogens (primary N) is 1. The van der Waals surface area contributed by atoms with Gasteiger partial charge in [-0.2, -0.15) is 0 Å². The monoisotopic (exact) mass is 294 g/mol. The molecule has 1 aliphatic rings. The summed E-state index contributed by atoms with van der Waals surface area (Å²) in [5, 5.41) is 0. The van der Waals surface area contributed by atoms with Crippen molar-refractivity contribution in [3.63, 3.8) is 0 Å². The van der Waals surface area contributed by atoms with Crippen molar-refractivity contribution in [1.82, 2.24) is 4.90 Å². The van der Waals surface area contributed by atoms with E-state index in [0.717, 1.165) is 24.4 Å². The fourth-order valence-corrected chi connectivity index (χ4v) is 3.11. The Hall–Kier alpha value is -1.33. The molecule has 2 rings (SSSR count). The van der Waals surface area contributed by atoms with E-state index in [9.17, 15) is 0 Å². The average Bonchev–Trinajstić information content (AvgIpc) is 2.48. The lowest BCUT2D eigenvalue weighted by atomic mass is 10.00. The smallest absolute Gasteiger partial charge is 0.165 e. The maximum absolute atomic E-state index is 6.01. The normalized spacial score (nSPS) is 17.5. The Kier molecular flexibility index (Phi) is 5.20. The first kappa shape index (κ1) is 15.1. The Labute approximate surface area is 125 Å². The molecule has 1 saturated heterocycles. The van der Waals surface area contributed by atoms with Gasteiger partial charge in [-0.05, 0) is 32.0 Å². The number of ether oxygens (including phenoxy) is 2. The molecular formula is C15H22N2O2S. The number of para-hydroxylation sites is 1. The quantitative estimate of drug-likeness (QED) is 0.846. The molecule has 5 heteroatoms. The molecule has 20 heavy (non-hydrogen) atoms. The molecule has 0 aliphatic carbocycles. The van der Waals surface area contributed by atoms with Gasteiger partial charge in [0.1, 0.15) is 0 Å². The average molecular weight is 294 g/mol. The minimum absolute atomic E-state index is 0.0876. The number of rotatable bonds is 5. The van der Waals surface area contributed by atoms with Crippen molar-refractivity contribution in [2.45, 2.75) is 25.3 Å². The summed E-state index contributed by atoms with van der Waals surface area (Å²) in [7, 11) is 3.28. The lowest BCUT2D eigenvalue weighted by Gasteiger charge is -2.34. The van der Waals surface area contributed by atoms with Gasteiger partial charge in [-0.15, -0.1) is 0 Å². The molecule has 0 spiro atoms. The number of nitrogens with zero attached hydrogens (tertiary/aromatic N) is 1. The van der Waals surface area contributed by atoms with Crippen LogP contribution < -0.4 is 15.2 Å². The number of likely N-dealkylation sites (tertiary alicyclic amines) is 1. The van der Waals surface area contributed by atoms with Crippen molar-refractivity contribution in [3.8, 4) is 11.5 Å². The summed E-state index contributed by atoms with van der Waals surface area (Å²) in [5.74, 6) is 1.43. The molecule has 0 radical (unpaired) electrons. The fourth-order valence-electron chi connectivity index (χ4n) is 2.83. The first-order chi connectivity index (χ1) is 9.69. The molecule has 1 aromatic carbocycles. The minimum atomic E-state index is -0.0876. The molecule has 1 heterocycles. The van der Waals surface area contributed by atoms with E-state index in [2.05, 4.69) is 4.90 Å². The van der Waals surface area contributed by atoms with E-state index in [1.807, 2.05) is 18.2 Å². The van der Waals surface area contributed by atoms with Crippen LogP contribution in [0.1, 0.15) is 30.9 Å². The molecule has 110 valence electrons. The van der Waals surface area contributed by atoms with E-state index in [4.69, 9.17) is 27.4 Å². The lowest BCUT2D eigenvalue weighted by Crippen LogP contribution is -2.40. The highest BCUT2D eigenvalue weighted by Crippen LogP contribution is 2.37. The van der Waals surface area contributed by atoms with Crippen LogP contribution in [0.4, 0.5) is 0 Å². The zero-order valence-corrected chi connectivity index (χ0v) is 12.9. The van der Waals surface area contributed by atoms with Crippen LogP contribution in [-0.2, 0) is 0 Å². The summed E-state index contributed by atoms with van der Waals surface area (Å²) in [5.41, 5.74) is 7.00. The van der Waals surface area contributed by atoms with E-state index in [-0.39, 0.29) is 6.04 Å². The van der Waals surface area contributed by atoms with E-state index < -0.39 is 0 Å². The predicted molar refractivity (Wildman–Crippen MR) is 84.5 cm³/mol. The lowest BCUT2D eigenvalue weighted by molar-refractivity contribution is 0.200. The number of benzene rings is 1. The van der Waals surface area contributed by atoms with Gasteiger partial charge >= 0.3 is 0 Å². The third-order valence-corrected chi connectivity index (χ3v) is 3.98. The van der Waals surface area contributed by atoms with Crippen LogP contribution in [-0.4, -0.2) is 37.2 Å². The largest absolute Gasteiger partial charge is 0.493 e. The van der Waals surface area contributed by atoms with Crippen LogP contribution in [0.2, 0.25) is 0 Å². The van der Waals surface area contributed by atoms with Gasteiger partial charge in [0, 0.05) is 5.56 Å². The Morgan fingerprint density at radius 3 is 2.45 bits per heavy atom. The van der Waals surface area contributed by atoms with E-state index in [1.165, 1.54) is 19.3 Å². The van der Waals surface area contributed by atoms with Crippen LogP contribution in [0.25, 0.3) is 0 Å². The molecule has 0 amide bonds. The van der Waals surface area contributed by atoms with Gasteiger partial charge in [0.25, 0.3) is 0 Å². The van der Waals surface area contributed by atoms with Crippen molar-refractivity contribution in [2.24, 2.45) is 5.73 Å². The number of hydrogen-bond donors (Lipinski definition) is 1. The van der Waals surface area contributed by atoms with Crippen LogP contribution in [0, 0.1) is 0 Å². The van der Waals surface area contributed by atoms with Gasteiger partial charge in [-0.25, -0.2) is 0 Å². The minimum Gasteiger partial charge on any atom is -0.493 e. The SMILES string of the molecule is COc1cccc(C(C(N)=S)N2CCCCC2)c1OC. The van der Waals surface area contributed by atoms with Crippen LogP contribution in [0.5, 0.6) is 11.5 Å². The third-order valence-electron chi connectivity index (χ3n) is 3.75. The Bertz CT molecular complexity index is 473. The van der Waals surface area contributed by atoms with Crippen molar-refractivity contribution in [2.75, 3.05) is 27.3 Å². The maximum atomic E-state index is 6.01. The number of methoxy groups -OCH3 is 2. The number of piperidine rings is 1. The standard InChI is InChI=1S/C15H22N2O2S/c1-18-12-8-6-7-11(14(12)19-2)13(15(16)20)17-9-4-3-5-10-17/h6-8,13H,3-5,9-10H2,1-2H3,(H2,16,20). The summed E-state index contributed by atoms with van der Waals surface area (Å²) in [6.45, 7) is 2.03. The topological polar surface area (TPSA) is 47.7 Å². The van der Waals surface area contributed by atoms with Crippen molar-refractivity contribution in [3.05, 3.63) is 23.8 Å². The predicted octanol–water partition coefficient (Wildman–Crippen LogP) is 2.52. The van der Waals surface area contributed by atoms with Crippen LogP contribution in [0.3, 0.4) is 0 Å². The third kappa shape index (κ3) is 3.04. The van der Waals surface area contributed by atoms with Gasteiger partial charge < -0.3 is 15.2 Å². The molecule has 1 aliphatic heterocycles. The summed E-state index contributed by atoms with van der Waals surface area (Å²) >= 11 is 5.31. The van der Waals surface area contributed by atoms with E-state index >= 15 is 0 Å². The summed E-state index contributed by atoms with van der Waals surface area (Å²) in [6.07, 6.45) is 3.65. The zero-order valence-electron chi connectivity index (χ0n) is 12.1. The van der Waals surface area contributed by atoms with Gasteiger partial charge in [0.2, 0.25) is 0 Å². The van der Waals surface area contributed by atoms with E-state index in [0.29, 0.717) is 10.7 Å². The van der Waals surface area contributed by atoms with Crippen LogP contribution in [0.15, 0.2) is 18.2 Å². The molecular weight excluding hydrogens is 272 g/mol. The second-order valence-corrected chi connectivity index (χ2v) is 5.46. The number of hydrogen-bond acceptors (Lipinski definition) is 4. The van der Waals surface area contributed by atoms with Crippen molar-refractivity contribution < 1.29 is 9.47 Å². The van der Waals surface area contributed by atoms with Gasteiger partial charge in [0.05, 0.1) is 25.2 Å². The highest BCUT2D eigenvalue weighted by atomic mass is 32.1. The summed E-state index contributed by atoms with van der Waals surface area (Å²) in [6, 6.07) is 5.76. The first-order valence-electron chi connectivity index (χ1n) is 6.93. The van der Waals surface area contributed by atoms with Crippen LogP contribution >= 0.6 is 12.2 Å². The number of thiocarbonyl (C=S) groups is 1. The molecule has 1 unspecified atom stereocenters. The molecule has 4 nitrogen and oxygen atoms in total. The first-order valence-corrected chi connectivity index (χ1v) is 7.34. The summed E-state index contributed by atoms with van der Waals surface area (Å²) in [4.78, 5) is 2.82. The molecule has 0 saturated carbocycles. The molecule has 1 fully saturated rings. The summed E-state index contributed by atoms with van der Waals surface area (Å²) < 4.78 is 10.9. The van der Waals surface area contributed by atoms with Crippen molar-refractivity contribution in [1.29, 1.82) is 0 Å². The van der Waals surface area contributed by atoms with Gasteiger partial charge in [0.15, 0.2) is 11.5 Å². The fraction of sp³-hybridized carbons (Fsp3) is 0.533. The molecule has 0 aromatic heterocycles. The van der Waals surface area contributed by atoms with Gasteiger partial charge in [-0.3, -0.25) is 4.90 Å². The maximum Gasteiger partial charge on any atom is 0.165 e.